The lowest BCUT2D eigenvalue weighted by Crippen LogP contribution is -2.48. The first kappa shape index (κ1) is 23.4. The Hall–Kier alpha value is -4.31. The molecule has 0 saturated carbocycles. The number of nitro benzene ring substituents is 1. The number of nitrogens with zero attached hydrogens (tertiary/aromatic N) is 1. The molecule has 33 heavy (non-hydrogen) atoms. The van der Waals surface area contributed by atoms with E-state index in [0.717, 1.165) is 5.56 Å². The molecule has 2 amide bonds. The molecule has 168 valence electrons. The molecule has 10 heteroatoms. The largest absolute Gasteiger partial charge is 0.492 e. The van der Waals surface area contributed by atoms with Crippen LogP contribution in [0.4, 0.5) is 5.69 Å². The Bertz CT molecular complexity index is 1170. The van der Waals surface area contributed by atoms with E-state index in [4.69, 9.17) is 17.0 Å². The first-order valence-electron chi connectivity index (χ1n) is 9.86. The van der Waals surface area contributed by atoms with Crippen LogP contribution in [0.3, 0.4) is 0 Å². The Labute approximate surface area is 194 Å². The summed E-state index contributed by atoms with van der Waals surface area (Å²) in [5.41, 5.74) is 5.47. The number of nitrogens with one attached hydrogen (secondary N) is 3. The van der Waals surface area contributed by atoms with Crippen molar-refractivity contribution in [3.8, 4) is 5.75 Å². The number of thiocarbonyl (C=S) groups is 1. The molecule has 0 fully saturated rings. The van der Waals surface area contributed by atoms with Crippen molar-refractivity contribution >= 4 is 34.8 Å². The molecule has 9 nitrogen and oxygen atoms in total. The van der Waals surface area contributed by atoms with Gasteiger partial charge in [-0.15, -0.1) is 0 Å². The van der Waals surface area contributed by atoms with E-state index in [-0.39, 0.29) is 21.9 Å². The van der Waals surface area contributed by atoms with Gasteiger partial charge in [0.25, 0.3) is 17.5 Å². The molecular weight excluding hydrogens is 444 g/mol. The third kappa shape index (κ3) is 6.58. The van der Waals surface area contributed by atoms with E-state index < -0.39 is 16.7 Å². The number of para-hydroxylation sites is 2. The Balaban J connectivity index is 1.55. The number of amides is 2. The lowest BCUT2D eigenvalue weighted by atomic mass is 10.1. The monoisotopic (exact) mass is 464 g/mol. The summed E-state index contributed by atoms with van der Waals surface area (Å²) in [6.07, 6.45) is 0.675. The minimum absolute atomic E-state index is 0.152. The van der Waals surface area contributed by atoms with E-state index in [1.165, 1.54) is 24.3 Å². The summed E-state index contributed by atoms with van der Waals surface area (Å²) in [5, 5.41) is 13.3. The zero-order chi connectivity index (χ0) is 23.6. The van der Waals surface area contributed by atoms with Crippen LogP contribution in [-0.4, -0.2) is 28.5 Å². The first-order chi connectivity index (χ1) is 16.0. The van der Waals surface area contributed by atoms with Crippen LogP contribution in [0.5, 0.6) is 5.75 Å². The van der Waals surface area contributed by atoms with Gasteiger partial charge in [-0.2, -0.15) is 0 Å². The van der Waals surface area contributed by atoms with Crippen LogP contribution in [0.25, 0.3) is 0 Å². The van der Waals surface area contributed by atoms with Crippen LogP contribution in [-0.2, 0) is 6.42 Å². The summed E-state index contributed by atoms with van der Waals surface area (Å²) in [6.45, 7) is 0.378. The maximum absolute atomic E-state index is 12.6. The highest BCUT2D eigenvalue weighted by Crippen LogP contribution is 2.19. The molecule has 3 N–H and O–H groups in total. The number of carbonyl (C=O) groups excluding carboxylic acids is 2. The fraction of sp³-hybridized carbons (Fsp3) is 0.0870. The number of ether oxygens (including phenoxy) is 1. The summed E-state index contributed by atoms with van der Waals surface area (Å²) >= 11 is 5.05. The molecule has 0 heterocycles. The zero-order valence-corrected chi connectivity index (χ0v) is 18.1. The SMILES string of the molecule is O=C(NC(=S)NNC(=O)c1ccccc1[N+](=O)[O-])c1ccccc1OCCc1ccccc1. The van der Waals surface area contributed by atoms with Gasteiger partial charge in [0.1, 0.15) is 11.3 Å². The third-order valence-electron chi connectivity index (χ3n) is 4.48. The summed E-state index contributed by atoms with van der Waals surface area (Å²) in [7, 11) is 0. The van der Waals surface area contributed by atoms with E-state index in [0.29, 0.717) is 18.8 Å². The van der Waals surface area contributed by atoms with Crippen molar-refractivity contribution in [3.05, 3.63) is 106 Å². The van der Waals surface area contributed by atoms with Crippen molar-refractivity contribution in [2.75, 3.05) is 6.61 Å². The summed E-state index contributed by atoms with van der Waals surface area (Å²) in [5.74, 6) is -0.927. The average molecular weight is 465 g/mol. The highest BCUT2D eigenvalue weighted by molar-refractivity contribution is 7.80. The van der Waals surface area contributed by atoms with Crippen LogP contribution < -0.4 is 20.9 Å². The van der Waals surface area contributed by atoms with Crippen molar-refractivity contribution in [1.29, 1.82) is 0 Å². The third-order valence-corrected chi connectivity index (χ3v) is 4.69. The van der Waals surface area contributed by atoms with Crippen LogP contribution in [0.15, 0.2) is 78.9 Å². The highest BCUT2D eigenvalue weighted by Gasteiger charge is 2.19. The predicted octanol–water partition coefficient (Wildman–Crippen LogP) is 3.17. The summed E-state index contributed by atoms with van der Waals surface area (Å²) < 4.78 is 5.78. The van der Waals surface area contributed by atoms with Gasteiger partial charge < -0.3 is 4.74 Å². The van der Waals surface area contributed by atoms with Gasteiger partial charge in [-0.1, -0.05) is 54.6 Å². The number of hydrogen-bond acceptors (Lipinski definition) is 6. The number of hydrogen-bond donors (Lipinski definition) is 3. The zero-order valence-electron chi connectivity index (χ0n) is 17.3. The molecule has 3 aromatic carbocycles. The van der Waals surface area contributed by atoms with Gasteiger partial charge in [0.2, 0.25) is 0 Å². The molecule has 3 aromatic rings. The van der Waals surface area contributed by atoms with Crippen LogP contribution in [0.1, 0.15) is 26.3 Å². The number of rotatable bonds is 7. The highest BCUT2D eigenvalue weighted by atomic mass is 32.1. The van der Waals surface area contributed by atoms with Gasteiger partial charge >= 0.3 is 0 Å². The van der Waals surface area contributed by atoms with Crippen LogP contribution in [0.2, 0.25) is 0 Å². The predicted molar refractivity (Wildman–Crippen MR) is 126 cm³/mol. The molecule has 0 spiro atoms. The van der Waals surface area contributed by atoms with Crippen molar-refractivity contribution in [1.82, 2.24) is 16.2 Å². The molecular formula is C23H20N4O5S. The smallest absolute Gasteiger partial charge is 0.282 e. The van der Waals surface area contributed by atoms with Gasteiger partial charge in [0, 0.05) is 12.5 Å². The topological polar surface area (TPSA) is 123 Å². The number of nitro groups is 1. The fourth-order valence-corrected chi connectivity index (χ4v) is 3.05. The normalized spacial score (nSPS) is 10.1. The standard InChI is InChI=1S/C23H20N4O5S/c28-21(18-11-5-7-13-20(18)32-15-14-16-8-2-1-3-9-16)24-23(33)26-25-22(29)17-10-4-6-12-19(17)27(30)31/h1-13H,14-15H2,(H,25,29)(H2,24,26,28,33). The molecule has 0 saturated heterocycles. The van der Waals surface area contributed by atoms with Gasteiger partial charge in [0.15, 0.2) is 5.11 Å². The second-order valence-electron chi connectivity index (χ2n) is 6.72. The average Bonchev–Trinajstić information content (AvgIpc) is 2.83. The molecule has 0 aliphatic carbocycles. The number of hydrazine groups is 1. The second kappa shape index (κ2) is 11.3. The van der Waals surface area contributed by atoms with Crippen molar-refractivity contribution < 1.29 is 19.2 Å². The van der Waals surface area contributed by atoms with Gasteiger partial charge in [-0.05, 0) is 36.0 Å². The number of benzene rings is 3. The summed E-state index contributed by atoms with van der Waals surface area (Å²) in [4.78, 5) is 35.3. The molecule has 0 unspecified atom stereocenters. The van der Waals surface area contributed by atoms with E-state index in [1.807, 2.05) is 30.3 Å². The van der Waals surface area contributed by atoms with E-state index in [2.05, 4.69) is 16.2 Å². The van der Waals surface area contributed by atoms with Crippen molar-refractivity contribution in [3.63, 3.8) is 0 Å². The molecule has 0 aliphatic heterocycles. The minimum atomic E-state index is -0.774. The van der Waals surface area contributed by atoms with Gasteiger partial charge in [-0.25, -0.2) is 0 Å². The molecule has 0 aromatic heterocycles. The van der Waals surface area contributed by atoms with E-state index >= 15 is 0 Å². The van der Waals surface area contributed by atoms with Crippen LogP contribution >= 0.6 is 12.2 Å². The first-order valence-corrected chi connectivity index (χ1v) is 10.3. The van der Waals surface area contributed by atoms with Gasteiger partial charge in [0.05, 0.1) is 17.1 Å². The molecule has 0 aliphatic rings. The molecule has 0 bridgehead atoms. The fourth-order valence-electron chi connectivity index (χ4n) is 2.91. The Morgan fingerprint density at radius 3 is 2.21 bits per heavy atom. The minimum Gasteiger partial charge on any atom is -0.492 e. The van der Waals surface area contributed by atoms with E-state index in [9.17, 15) is 19.7 Å². The maximum atomic E-state index is 12.6. The molecule has 0 radical (unpaired) electrons. The summed E-state index contributed by atoms with van der Waals surface area (Å²) in [6, 6.07) is 22.0. The lowest BCUT2D eigenvalue weighted by molar-refractivity contribution is -0.385. The second-order valence-corrected chi connectivity index (χ2v) is 7.13. The van der Waals surface area contributed by atoms with Crippen molar-refractivity contribution in [2.45, 2.75) is 6.42 Å². The Morgan fingerprint density at radius 1 is 0.848 bits per heavy atom. The number of carbonyl (C=O) groups is 2. The Kier molecular flexibility index (Phi) is 8.03. The van der Waals surface area contributed by atoms with Crippen molar-refractivity contribution in [2.24, 2.45) is 0 Å². The lowest BCUT2D eigenvalue weighted by Gasteiger charge is -2.13. The van der Waals surface area contributed by atoms with Crippen LogP contribution in [0, 0.1) is 10.1 Å². The molecule has 0 atom stereocenters. The molecule has 3 rings (SSSR count). The Morgan fingerprint density at radius 2 is 1.48 bits per heavy atom. The quantitative estimate of drug-likeness (QED) is 0.279. The maximum Gasteiger partial charge on any atom is 0.282 e. The van der Waals surface area contributed by atoms with Gasteiger partial charge in [-0.3, -0.25) is 35.9 Å². The van der Waals surface area contributed by atoms with E-state index in [1.54, 1.807) is 24.3 Å².